The minimum atomic E-state index is 0.394. The summed E-state index contributed by atoms with van der Waals surface area (Å²) in [6.07, 6.45) is 2.02. The number of nitrogens with one attached hydrogen (secondary N) is 1. The number of rotatable bonds is 6. The van der Waals surface area contributed by atoms with E-state index < -0.39 is 0 Å². The number of benzene rings is 1. The van der Waals surface area contributed by atoms with Gasteiger partial charge in [0.2, 0.25) is 0 Å². The molecule has 22 heavy (non-hydrogen) atoms. The van der Waals surface area contributed by atoms with Crippen molar-refractivity contribution in [2.45, 2.75) is 13.0 Å². The van der Waals surface area contributed by atoms with Crippen molar-refractivity contribution in [3.8, 4) is 11.8 Å². The molecule has 0 unspecified atom stereocenters. The van der Waals surface area contributed by atoms with E-state index in [4.69, 9.17) is 26.6 Å². The number of nitrogens with zero attached hydrogens (tertiary/aromatic N) is 2. The Balaban J connectivity index is 2.02. The summed E-state index contributed by atoms with van der Waals surface area (Å²) in [7, 11) is 1.63. The van der Waals surface area contributed by atoms with Crippen LogP contribution in [0.5, 0.6) is 5.75 Å². The molecule has 0 saturated heterocycles. The lowest BCUT2D eigenvalue weighted by Gasteiger charge is -2.24. The number of furan rings is 1. The van der Waals surface area contributed by atoms with Gasteiger partial charge >= 0.3 is 0 Å². The van der Waals surface area contributed by atoms with Crippen molar-refractivity contribution >= 4 is 23.0 Å². The highest BCUT2D eigenvalue weighted by atomic mass is 32.1. The maximum absolute atomic E-state index is 8.79. The summed E-state index contributed by atoms with van der Waals surface area (Å²) in [5.74, 6) is 1.59. The minimum absolute atomic E-state index is 0.394. The minimum Gasteiger partial charge on any atom is -0.497 e. The highest BCUT2D eigenvalue weighted by Crippen LogP contribution is 2.16. The lowest BCUT2D eigenvalue weighted by molar-refractivity contribution is 0.371. The van der Waals surface area contributed by atoms with Crippen LogP contribution in [0, 0.1) is 11.3 Å². The van der Waals surface area contributed by atoms with E-state index in [0.29, 0.717) is 24.6 Å². The third-order valence-corrected chi connectivity index (χ3v) is 3.41. The Kier molecular flexibility index (Phi) is 5.81. The molecule has 0 fully saturated rings. The largest absolute Gasteiger partial charge is 0.497 e. The molecule has 6 heteroatoms. The second-order valence-corrected chi connectivity index (χ2v) is 4.95. The van der Waals surface area contributed by atoms with E-state index in [-0.39, 0.29) is 0 Å². The topological polar surface area (TPSA) is 61.4 Å². The van der Waals surface area contributed by atoms with Crippen LogP contribution in [0.25, 0.3) is 0 Å². The van der Waals surface area contributed by atoms with Crippen LogP contribution in [-0.2, 0) is 6.54 Å². The van der Waals surface area contributed by atoms with E-state index in [1.807, 2.05) is 41.3 Å². The van der Waals surface area contributed by atoms with Gasteiger partial charge in [-0.3, -0.25) is 0 Å². The molecule has 1 heterocycles. The molecule has 2 aromatic rings. The van der Waals surface area contributed by atoms with Gasteiger partial charge < -0.3 is 19.4 Å². The lowest BCUT2D eigenvalue weighted by atomic mass is 10.3. The first-order valence-electron chi connectivity index (χ1n) is 6.82. The molecule has 5 nitrogen and oxygen atoms in total. The van der Waals surface area contributed by atoms with Gasteiger partial charge in [0.25, 0.3) is 0 Å². The normalized spacial score (nSPS) is 9.82. The van der Waals surface area contributed by atoms with Crippen LogP contribution in [0.2, 0.25) is 0 Å². The SMILES string of the molecule is COc1ccc(NC(=S)N(CCC#N)Cc2ccco2)cc1. The van der Waals surface area contributed by atoms with E-state index in [9.17, 15) is 0 Å². The summed E-state index contributed by atoms with van der Waals surface area (Å²) >= 11 is 5.44. The molecule has 0 atom stereocenters. The molecule has 2 rings (SSSR count). The first-order chi connectivity index (χ1) is 10.7. The molecule has 1 aromatic carbocycles. The molecule has 0 radical (unpaired) electrons. The zero-order chi connectivity index (χ0) is 15.8. The summed E-state index contributed by atoms with van der Waals surface area (Å²) in [5, 5.41) is 12.5. The van der Waals surface area contributed by atoms with Gasteiger partial charge in [0.05, 0.1) is 32.4 Å². The Labute approximate surface area is 135 Å². The van der Waals surface area contributed by atoms with Crippen LogP contribution >= 0.6 is 12.2 Å². The van der Waals surface area contributed by atoms with Crippen molar-refractivity contribution in [2.75, 3.05) is 19.0 Å². The van der Waals surface area contributed by atoms with E-state index in [1.54, 1.807) is 13.4 Å². The van der Waals surface area contributed by atoms with Gasteiger partial charge in [-0.2, -0.15) is 5.26 Å². The van der Waals surface area contributed by atoms with Crippen molar-refractivity contribution in [3.63, 3.8) is 0 Å². The van der Waals surface area contributed by atoms with E-state index in [2.05, 4.69) is 11.4 Å². The first kappa shape index (κ1) is 15.9. The van der Waals surface area contributed by atoms with Gasteiger partial charge in [-0.1, -0.05) is 0 Å². The Morgan fingerprint density at radius 1 is 1.36 bits per heavy atom. The third-order valence-electron chi connectivity index (χ3n) is 3.05. The van der Waals surface area contributed by atoms with Crippen molar-refractivity contribution in [3.05, 3.63) is 48.4 Å². The van der Waals surface area contributed by atoms with E-state index >= 15 is 0 Å². The predicted molar refractivity (Wildman–Crippen MR) is 88.6 cm³/mol. The second kappa shape index (κ2) is 8.05. The summed E-state index contributed by atoms with van der Waals surface area (Å²) in [5.41, 5.74) is 0.868. The fourth-order valence-electron chi connectivity index (χ4n) is 1.90. The molecule has 1 N–H and O–H groups in total. The van der Waals surface area contributed by atoms with Crippen molar-refractivity contribution in [2.24, 2.45) is 0 Å². The van der Waals surface area contributed by atoms with Gasteiger partial charge in [0, 0.05) is 12.2 Å². The lowest BCUT2D eigenvalue weighted by Crippen LogP contribution is -2.34. The highest BCUT2D eigenvalue weighted by Gasteiger charge is 2.12. The zero-order valence-corrected chi connectivity index (χ0v) is 13.1. The highest BCUT2D eigenvalue weighted by molar-refractivity contribution is 7.80. The Hall–Kier alpha value is -2.52. The predicted octanol–water partition coefficient (Wildman–Crippen LogP) is 3.40. The van der Waals surface area contributed by atoms with Crippen LogP contribution in [-0.4, -0.2) is 23.7 Å². The molecule has 0 aliphatic rings. The Morgan fingerprint density at radius 2 is 2.14 bits per heavy atom. The molecule has 0 amide bonds. The van der Waals surface area contributed by atoms with Crippen LogP contribution in [0.3, 0.4) is 0 Å². The number of nitriles is 1. The average molecular weight is 315 g/mol. The van der Waals surface area contributed by atoms with Crippen LogP contribution in [0.15, 0.2) is 47.1 Å². The van der Waals surface area contributed by atoms with Crippen LogP contribution in [0.4, 0.5) is 5.69 Å². The molecular weight excluding hydrogens is 298 g/mol. The van der Waals surface area contributed by atoms with Gasteiger partial charge in [-0.05, 0) is 48.6 Å². The van der Waals surface area contributed by atoms with E-state index in [1.165, 1.54) is 0 Å². The quantitative estimate of drug-likeness (QED) is 0.824. The number of hydrogen-bond acceptors (Lipinski definition) is 4. The molecule has 0 aliphatic heterocycles. The third kappa shape index (κ3) is 4.50. The van der Waals surface area contributed by atoms with E-state index in [0.717, 1.165) is 17.2 Å². The fourth-order valence-corrected chi connectivity index (χ4v) is 2.18. The van der Waals surface area contributed by atoms with Crippen LogP contribution < -0.4 is 10.1 Å². The van der Waals surface area contributed by atoms with Gasteiger partial charge in [0.1, 0.15) is 11.5 Å². The molecule has 0 aliphatic carbocycles. The molecule has 0 spiro atoms. The zero-order valence-electron chi connectivity index (χ0n) is 12.3. The van der Waals surface area contributed by atoms with Crippen molar-refractivity contribution < 1.29 is 9.15 Å². The summed E-state index contributed by atoms with van der Waals surface area (Å²) in [4.78, 5) is 1.90. The summed E-state index contributed by atoms with van der Waals surface area (Å²) < 4.78 is 10.5. The Morgan fingerprint density at radius 3 is 2.73 bits per heavy atom. The van der Waals surface area contributed by atoms with Gasteiger partial charge in [-0.25, -0.2) is 0 Å². The monoisotopic (exact) mass is 315 g/mol. The van der Waals surface area contributed by atoms with Crippen LogP contribution in [0.1, 0.15) is 12.2 Å². The van der Waals surface area contributed by atoms with Crippen molar-refractivity contribution in [1.82, 2.24) is 4.90 Å². The second-order valence-electron chi connectivity index (χ2n) is 4.57. The maximum atomic E-state index is 8.79. The number of hydrogen-bond donors (Lipinski definition) is 1. The first-order valence-corrected chi connectivity index (χ1v) is 7.23. The molecule has 0 bridgehead atoms. The van der Waals surface area contributed by atoms with Gasteiger partial charge in [-0.15, -0.1) is 0 Å². The summed E-state index contributed by atoms with van der Waals surface area (Å²) in [6, 6.07) is 13.3. The number of thiocarbonyl (C=S) groups is 1. The molecule has 114 valence electrons. The van der Waals surface area contributed by atoms with Gasteiger partial charge in [0.15, 0.2) is 5.11 Å². The molecule has 1 aromatic heterocycles. The number of anilines is 1. The number of methoxy groups -OCH3 is 1. The molecular formula is C16H17N3O2S. The smallest absolute Gasteiger partial charge is 0.173 e. The fraction of sp³-hybridized carbons (Fsp3) is 0.250. The number of ether oxygens (including phenoxy) is 1. The van der Waals surface area contributed by atoms with Crippen molar-refractivity contribution in [1.29, 1.82) is 5.26 Å². The Bertz CT molecular complexity index is 632. The average Bonchev–Trinajstić information content (AvgIpc) is 3.05. The standard InChI is InChI=1S/C16H17N3O2S/c1-20-14-7-5-13(6-8-14)18-16(22)19(10-3-9-17)12-15-4-2-11-21-15/h2,4-8,11H,3,10,12H2,1H3,(H,18,22). The molecule has 0 saturated carbocycles. The maximum Gasteiger partial charge on any atom is 0.173 e. The summed E-state index contributed by atoms with van der Waals surface area (Å²) in [6.45, 7) is 1.07.